The topological polar surface area (TPSA) is 9.23 Å². The highest BCUT2D eigenvalue weighted by atomic mass is 28.4. The lowest BCUT2D eigenvalue weighted by Crippen LogP contribution is -2.66. The second kappa shape index (κ2) is 6.96. The van der Waals surface area contributed by atoms with E-state index in [-0.39, 0.29) is 0 Å². The van der Waals surface area contributed by atoms with Gasteiger partial charge in [0.15, 0.2) is 0 Å². The number of rotatable bonds is 4. The maximum absolute atomic E-state index is 8.30. The molecule has 0 N–H and O–H groups in total. The molecule has 22 heavy (non-hydrogen) atoms. The van der Waals surface area contributed by atoms with E-state index in [1.54, 1.807) is 0 Å². The van der Waals surface area contributed by atoms with E-state index in [1.165, 1.54) is 0 Å². The molecule has 2 rings (SSSR count). The van der Waals surface area contributed by atoms with Crippen LogP contribution in [0, 0.1) is 11.8 Å². The van der Waals surface area contributed by atoms with E-state index < -0.39 is 26.8 Å². The van der Waals surface area contributed by atoms with Crippen molar-refractivity contribution in [2.24, 2.45) is 0 Å². The molecular weight excluding hydrogens is 284 g/mol. The molecule has 0 fully saturated rings. The average molecular weight is 314 g/mol. The summed E-state index contributed by atoms with van der Waals surface area (Å²) < 4.78 is 44.5. The molecule has 0 saturated carbocycles. The third-order valence-corrected chi connectivity index (χ3v) is 8.55. The van der Waals surface area contributed by atoms with E-state index in [1.807, 2.05) is 87.4 Å². The summed E-state index contributed by atoms with van der Waals surface area (Å²) in [6.07, 6.45) is 0. The molecule has 0 aromatic heterocycles. The van der Waals surface area contributed by atoms with E-state index >= 15 is 0 Å². The molecule has 2 aromatic rings. The monoisotopic (exact) mass is 313 g/mol. The van der Waals surface area contributed by atoms with Crippen molar-refractivity contribution in [1.82, 2.24) is 0 Å². The van der Waals surface area contributed by atoms with Crippen LogP contribution in [0.15, 0.2) is 60.7 Å². The number of hydrogen-bond acceptors (Lipinski definition) is 1. The maximum atomic E-state index is 8.30. The summed E-state index contributed by atoms with van der Waals surface area (Å²) in [6.45, 7) is 1.12. The van der Waals surface area contributed by atoms with Gasteiger partial charge < -0.3 is 4.43 Å². The minimum absolute atomic E-state index is 0.426. The fourth-order valence-electron chi connectivity index (χ4n) is 2.78. The SMILES string of the molecule is [2H]C([2H])([2H])C#CC([2H])([2H])O[Si](c1ccccc1)(c1ccccc1)C(C)(C)C. The molecular formula is C20H24OSi. The molecule has 0 saturated heterocycles. The molecule has 1 nitrogen and oxygen atoms in total. The minimum atomic E-state index is -3.14. The van der Waals surface area contributed by atoms with Gasteiger partial charge in [0.05, 0.1) is 9.30 Å². The maximum Gasteiger partial charge on any atom is 0.262 e. The summed E-state index contributed by atoms with van der Waals surface area (Å²) in [6, 6.07) is 19.2. The second-order valence-electron chi connectivity index (χ2n) is 6.12. The third-order valence-electron chi connectivity index (χ3n) is 3.73. The Morgan fingerprint density at radius 2 is 1.50 bits per heavy atom. The van der Waals surface area contributed by atoms with Gasteiger partial charge in [0, 0.05) is 4.11 Å². The Hall–Kier alpha value is -1.82. The molecule has 0 atom stereocenters. The predicted molar refractivity (Wildman–Crippen MR) is 97.0 cm³/mol. The van der Waals surface area contributed by atoms with Crippen LogP contribution >= 0.6 is 0 Å². The van der Waals surface area contributed by atoms with Crippen molar-refractivity contribution in [2.75, 3.05) is 6.56 Å². The van der Waals surface area contributed by atoms with Gasteiger partial charge in [-0.05, 0) is 22.3 Å². The summed E-state index contributed by atoms with van der Waals surface area (Å²) in [7, 11) is -3.14. The lowest BCUT2D eigenvalue weighted by Gasteiger charge is -2.42. The normalized spacial score (nSPS) is 16.2. The minimum Gasteiger partial charge on any atom is -0.396 e. The highest BCUT2D eigenvalue weighted by Crippen LogP contribution is 2.36. The Morgan fingerprint density at radius 1 is 1.00 bits per heavy atom. The van der Waals surface area contributed by atoms with Crippen LogP contribution in [0.25, 0.3) is 0 Å². The van der Waals surface area contributed by atoms with Crippen molar-refractivity contribution in [2.45, 2.75) is 32.7 Å². The molecule has 2 heteroatoms. The van der Waals surface area contributed by atoms with Crippen LogP contribution in [0.2, 0.25) is 5.04 Å². The molecule has 0 aliphatic rings. The molecule has 0 unspecified atom stereocenters. The van der Waals surface area contributed by atoms with Crippen LogP contribution in [-0.4, -0.2) is 14.9 Å². The zero-order valence-corrected chi connectivity index (χ0v) is 14.2. The smallest absolute Gasteiger partial charge is 0.262 e. The number of benzene rings is 2. The lowest BCUT2D eigenvalue weighted by molar-refractivity contribution is 0.346. The summed E-state index contributed by atoms with van der Waals surface area (Å²) >= 11 is 0. The van der Waals surface area contributed by atoms with Gasteiger partial charge in [0.1, 0.15) is 0 Å². The highest BCUT2D eigenvalue weighted by Gasteiger charge is 2.49. The first-order chi connectivity index (χ1) is 12.4. The molecule has 0 aliphatic heterocycles. The first kappa shape index (κ1) is 10.8. The van der Waals surface area contributed by atoms with Crippen molar-refractivity contribution < 1.29 is 11.3 Å². The third kappa shape index (κ3) is 3.16. The summed E-state index contributed by atoms with van der Waals surface area (Å²) in [5, 5.41) is 1.39. The fraction of sp³-hybridized carbons (Fsp3) is 0.300. The molecule has 0 amide bonds. The summed E-state index contributed by atoms with van der Waals surface area (Å²) in [4.78, 5) is 0. The predicted octanol–water partition coefficient (Wildman–Crippen LogP) is 3.59. The number of hydrogen-bond donors (Lipinski definition) is 0. The fourth-order valence-corrected chi connectivity index (χ4v) is 6.91. The van der Waals surface area contributed by atoms with E-state index in [0.717, 1.165) is 10.4 Å². The molecule has 0 aliphatic carbocycles. The Kier molecular flexibility index (Phi) is 3.42. The van der Waals surface area contributed by atoms with Gasteiger partial charge in [-0.3, -0.25) is 0 Å². The molecule has 0 radical (unpaired) electrons. The first-order valence-electron chi connectivity index (χ1n) is 9.73. The lowest BCUT2D eigenvalue weighted by atomic mass is 10.2. The quantitative estimate of drug-likeness (QED) is 0.619. The summed E-state index contributed by atoms with van der Waals surface area (Å²) in [5.41, 5.74) is 0. The standard InChI is InChI=1S/C20H24OSi/c1-5-6-17-21-22(20(2,3)4,18-13-9-7-10-14-18)19-15-11-8-12-16-19/h7-16H,17H2,1-4H3/i1D3,17D2. The van der Waals surface area contributed by atoms with E-state index in [4.69, 9.17) is 11.3 Å². The van der Waals surface area contributed by atoms with Gasteiger partial charge in [-0.2, -0.15) is 0 Å². The van der Waals surface area contributed by atoms with Crippen LogP contribution in [-0.2, 0) is 4.43 Å². The molecule has 0 bridgehead atoms. The van der Waals surface area contributed by atoms with Gasteiger partial charge in [-0.1, -0.05) is 87.4 Å². The van der Waals surface area contributed by atoms with Crippen molar-refractivity contribution in [1.29, 1.82) is 0 Å². The van der Waals surface area contributed by atoms with Crippen molar-refractivity contribution >= 4 is 18.7 Å². The zero-order chi connectivity index (χ0) is 20.3. The van der Waals surface area contributed by atoms with Crippen LogP contribution in [0.1, 0.15) is 34.5 Å². The summed E-state index contributed by atoms with van der Waals surface area (Å²) in [5.74, 6) is 4.21. The van der Waals surface area contributed by atoms with E-state index in [0.29, 0.717) is 0 Å². The Balaban J connectivity index is 2.71. The van der Waals surface area contributed by atoms with E-state index in [9.17, 15) is 0 Å². The van der Waals surface area contributed by atoms with Crippen LogP contribution < -0.4 is 10.4 Å². The highest BCUT2D eigenvalue weighted by molar-refractivity contribution is 6.99. The van der Waals surface area contributed by atoms with Gasteiger partial charge in [-0.25, -0.2) is 0 Å². The van der Waals surface area contributed by atoms with Gasteiger partial charge >= 0.3 is 0 Å². The average Bonchev–Trinajstić information content (AvgIpc) is 2.58. The Morgan fingerprint density at radius 3 is 1.91 bits per heavy atom. The van der Waals surface area contributed by atoms with Crippen molar-refractivity contribution in [3.05, 3.63) is 60.7 Å². The van der Waals surface area contributed by atoms with Gasteiger partial charge in [0.2, 0.25) is 0 Å². The van der Waals surface area contributed by atoms with Gasteiger partial charge in [-0.15, -0.1) is 5.92 Å². The van der Waals surface area contributed by atoms with Crippen LogP contribution in [0.3, 0.4) is 0 Å². The Labute approximate surface area is 142 Å². The van der Waals surface area contributed by atoms with Crippen molar-refractivity contribution in [3.8, 4) is 11.8 Å². The molecule has 2 aromatic carbocycles. The first-order valence-corrected chi connectivity index (χ1v) is 9.14. The second-order valence-corrected chi connectivity index (χ2v) is 10.3. The largest absolute Gasteiger partial charge is 0.396 e. The molecule has 0 spiro atoms. The van der Waals surface area contributed by atoms with Gasteiger partial charge in [0.25, 0.3) is 8.32 Å². The zero-order valence-electron chi connectivity index (χ0n) is 18.2. The molecule has 114 valence electrons. The van der Waals surface area contributed by atoms with Crippen LogP contribution in [0.5, 0.6) is 0 Å². The molecule has 0 heterocycles. The van der Waals surface area contributed by atoms with Crippen molar-refractivity contribution in [3.63, 3.8) is 0 Å². The van der Waals surface area contributed by atoms with E-state index in [2.05, 4.69) is 5.92 Å². The Bertz CT molecular complexity index is 775. The van der Waals surface area contributed by atoms with Crippen LogP contribution in [0.4, 0.5) is 0 Å².